The molecule has 1 amide bonds. The molecule has 0 aliphatic heterocycles. The first-order valence-corrected chi connectivity index (χ1v) is 8.94. The summed E-state index contributed by atoms with van der Waals surface area (Å²) in [6.45, 7) is 3.47. The van der Waals surface area contributed by atoms with Crippen LogP contribution in [0.4, 0.5) is 0 Å². The smallest absolute Gasteiger partial charge is 0.224 e. The van der Waals surface area contributed by atoms with Crippen LogP contribution in [0.5, 0.6) is 0 Å². The average Bonchev–Trinajstić information content (AvgIpc) is 2.81. The minimum absolute atomic E-state index is 0.196. The molecule has 20 heavy (non-hydrogen) atoms. The van der Waals surface area contributed by atoms with Crippen molar-refractivity contribution in [3.8, 4) is 0 Å². The van der Waals surface area contributed by atoms with Crippen LogP contribution in [0.25, 0.3) is 0 Å². The van der Waals surface area contributed by atoms with Gasteiger partial charge in [0.05, 0.1) is 10.3 Å². The van der Waals surface area contributed by atoms with Gasteiger partial charge in [-0.25, -0.2) is 0 Å². The van der Waals surface area contributed by atoms with Crippen LogP contribution in [0.2, 0.25) is 0 Å². The average molecular weight is 359 g/mol. The molecule has 1 aliphatic rings. The Hall–Kier alpha value is -0.390. The quantitative estimate of drug-likeness (QED) is 0.866. The summed E-state index contributed by atoms with van der Waals surface area (Å²) in [6, 6.07) is 4.10. The summed E-state index contributed by atoms with van der Waals surface area (Å²) in [6.07, 6.45) is 6.05. The fourth-order valence-corrected chi connectivity index (χ4v) is 4.35. The summed E-state index contributed by atoms with van der Waals surface area (Å²) < 4.78 is 1.11. The summed E-state index contributed by atoms with van der Waals surface area (Å²) in [5.74, 6) is 0.196. The highest BCUT2D eigenvalue weighted by atomic mass is 79.9. The highest BCUT2D eigenvalue weighted by molar-refractivity contribution is 9.11. The zero-order chi connectivity index (χ0) is 14.6. The maximum atomic E-state index is 12.5. The van der Waals surface area contributed by atoms with E-state index < -0.39 is 0 Å². The Labute approximate surface area is 133 Å². The summed E-state index contributed by atoms with van der Waals surface area (Å²) >= 11 is 5.15. The molecule has 2 N–H and O–H groups in total. The topological polar surface area (TPSA) is 46.3 Å². The Bertz CT molecular complexity index is 454. The van der Waals surface area contributed by atoms with Gasteiger partial charge in [-0.3, -0.25) is 4.79 Å². The molecule has 0 atom stereocenters. The maximum absolute atomic E-state index is 12.5. The molecule has 0 radical (unpaired) electrons. The summed E-state index contributed by atoms with van der Waals surface area (Å²) in [7, 11) is 0. The van der Waals surface area contributed by atoms with Gasteiger partial charge in [0.2, 0.25) is 5.91 Å². The van der Waals surface area contributed by atoms with E-state index in [9.17, 15) is 4.79 Å². The summed E-state index contributed by atoms with van der Waals surface area (Å²) in [4.78, 5) is 15.6. The van der Waals surface area contributed by atoms with Crippen molar-refractivity contribution >= 4 is 33.2 Å². The van der Waals surface area contributed by atoms with Crippen LogP contribution in [0, 0.1) is 0 Å². The van der Waals surface area contributed by atoms with Crippen molar-refractivity contribution in [2.24, 2.45) is 5.73 Å². The van der Waals surface area contributed by atoms with E-state index in [2.05, 4.69) is 22.0 Å². The van der Waals surface area contributed by atoms with E-state index >= 15 is 0 Å². The van der Waals surface area contributed by atoms with Crippen LogP contribution in [0.3, 0.4) is 0 Å². The molecule has 0 aromatic carbocycles. The van der Waals surface area contributed by atoms with E-state index in [1.165, 1.54) is 11.3 Å². The second kappa shape index (κ2) is 7.05. The van der Waals surface area contributed by atoms with Gasteiger partial charge in [-0.05, 0) is 47.8 Å². The third kappa shape index (κ3) is 4.30. The van der Waals surface area contributed by atoms with Crippen molar-refractivity contribution in [3.05, 3.63) is 20.8 Å². The number of rotatable bonds is 5. The van der Waals surface area contributed by atoms with Crippen molar-refractivity contribution < 1.29 is 4.79 Å². The third-order valence-corrected chi connectivity index (χ3v) is 5.67. The van der Waals surface area contributed by atoms with Crippen LogP contribution in [-0.2, 0) is 11.3 Å². The van der Waals surface area contributed by atoms with Gasteiger partial charge >= 0.3 is 0 Å². The van der Waals surface area contributed by atoms with E-state index in [-0.39, 0.29) is 11.4 Å². The number of carbonyl (C=O) groups excluding carboxylic acids is 1. The molecule has 5 heteroatoms. The normalized spacial score (nSPS) is 17.9. The first-order chi connectivity index (χ1) is 9.52. The zero-order valence-electron chi connectivity index (χ0n) is 12.0. The minimum atomic E-state index is -0.265. The third-order valence-electron chi connectivity index (χ3n) is 4.06. The van der Waals surface area contributed by atoms with Crippen molar-refractivity contribution in [2.45, 2.75) is 57.5 Å². The molecule has 1 aliphatic carbocycles. The molecule has 1 aromatic rings. The largest absolute Gasteiger partial charge is 0.338 e. The molecule has 2 rings (SSSR count). The standard InChI is InChI=1S/C15H23BrN2OS/c1-2-18(11-12-6-7-13(16)20-12)14(19)10-15(17)8-4-3-5-9-15/h6-7H,2-5,8-11,17H2,1H3. The van der Waals surface area contributed by atoms with Gasteiger partial charge in [0.1, 0.15) is 0 Å². The maximum Gasteiger partial charge on any atom is 0.224 e. The van der Waals surface area contributed by atoms with Gasteiger partial charge in [0.25, 0.3) is 0 Å². The van der Waals surface area contributed by atoms with Crippen molar-refractivity contribution in [1.29, 1.82) is 0 Å². The molecule has 0 unspecified atom stereocenters. The van der Waals surface area contributed by atoms with E-state index in [1.54, 1.807) is 11.3 Å². The Morgan fingerprint density at radius 2 is 2.10 bits per heavy atom. The predicted molar refractivity (Wildman–Crippen MR) is 87.7 cm³/mol. The summed E-state index contributed by atoms with van der Waals surface area (Å²) in [5, 5.41) is 0. The molecule has 1 heterocycles. The molecule has 1 fully saturated rings. The number of halogens is 1. The first-order valence-electron chi connectivity index (χ1n) is 7.33. The zero-order valence-corrected chi connectivity index (χ0v) is 14.4. The summed E-state index contributed by atoms with van der Waals surface area (Å²) in [5.41, 5.74) is 6.13. The van der Waals surface area contributed by atoms with E-state index in [0.29, 0.717) is 13.0 Å². The van der Waals surface area contributed by atoms with Gasteiger partial charge in [-0.1, -0.05) is 19.3 Å². The number of hydrogen-bond donors (Lipinski definition) is 1. The molecular weight excluding hydrogens is 336 g/mol. The Morgan fingerprint density at radius 1 is 1.40 bits per heavy atom. The highest BCUT2D eigenvalue weighted by Crippen LogP contribution is 2.30. The van der Waals surface area contributed by atoms with E-state index in [4.69, 9.17) is 5.73 Å². The van der Waals surface area contributed by atoms with Crippen LogP contribution in [0.15, 0.2) is 15.9 Å². The predicted octanol–water partition coefficient (Wildman–Crippen LogP) is 3.91. The SMILES string of the molecule is CCN(Cc1ccc(Br)s1)C(=O)CC1(N)CCCCC1. The lowest BCUT2D eigenvalue weighted by Gasteiger charge is -2.34. The monoisotopic (exact) mass is 358 g/mol. The van der Waals surface area contributed by atoms with Crippen LogP contribution < -0.4 is 5.73 Å². The first kappa shape index (κ1) is 16.0. The number of thiophene rings is 1. The number of carbonyl (C=O) groups is 1. The number of nitrogens with zero attached hydrogens (tertiary/aromatic N) is 1. The Balaban J connectivity index is 1.94. The van der Waals surface area contributed by atoms with Crippen molar-refractivity contribution in [1.82, 2.24) is 4.90 Å². The minimum Gasteiger partial charge on any atom is -0.338 e. The van der Waals surface area contributed by atoms with E-state index in [0.717, 1.165) is 36.0 Å². The molecular formula is C15H23BrN2OS. The lowest BCUT2D eigenvalue weighted by atomic mass is 9.80. The molecule has 112 valence electrons. The lowest BCUT2D eigenvalue weighted by molar-refractivity contribution is -0.133. The number of amides is 1. The second-order valence-corrected chi connectivity index (χ2v) is 8.26. The van der Waals surface area contributed by atoms with Gasteiger partial charge in [-0.15, -0.1) is 11.3 Å². The lowest BCUT2D eigenvalue weighted by Crippen LogP contribution is -2.46. The van der Waals surface area contributed by atoms with Crippen LogP contribution in [-0.4, -0.2) is 22.9 Å². The molecule has 0 bridgehead atoms. The van der Waals surface area contributed by atoms with Gasteiger partial charge in [0, 0.05) is 23.4 Å². The molecule has 1 saturated carbocycles. The Kier molecular flexibility index (Phi) is 5.64. The van der Waals surface area contributed by atoms with Crippen molar-refractivity contribution in [3.63, 3.8) is 0 Å². The van der Waals surface area contributed by atoms with Crippen LogP contribution >= 0.6 is 27.3 Å². The molecule has 3 nitrogen and oxygen atoms in total. The molecule has 0 spiro atoms. The number of hydrogen-bond acceptors (Lipinski definition) is 3. The fraction of sp³-hybridized carbons (Fsp3) is 0.667. The molecule has 1 aromatic heterocycles. The van der Waals surface area contributed by atoms with Crippen molar-refractivity contribution in [2.75, 3.05) is 6.54 Å². The molecule has 0 saturated heterocycles. The van der Waals surface area contributed by atoms with E-state index in [1.807, 2.05) is 17.9 Å². The van der Waals surface area contributed by atoms with Crippen LogP contribution in [0.1, 0.15) is 50.3 Å². The Morgan fingerprint density at radius 3 is 2.65 bits per heavy atom. The fourth-order valence-electron chi connectivity index (χ4n) is 2.85. The number of nitrogens with two attached hydrogens (primary N) is 1. The van der Waals surface area contributed by atoms with Gasteiger partial charge < -0.3 is 10.6 Å². The second-order valence-electron chi connectivity index (χ2n) is 5.71. The highest BCUT2D eigenvalue weighted by Gasteiger charge is 2.31. The van der Waals surface area contributed by atoms with Gasteiger partial charge in [0.15, 0.2) is 0 Å². The van der Waals surface area contributed by atoms with Gasteiger partial charge in [-0.2, -0.15) is 0 Å².